The van der Waals surface area contributed by atoms with Crippen LogP contribution in [0.2, 0.25) is 0 Å². The summed E-state index contributed by atoms with van der Waals surface area (Å²) < 4.78 is 33.0. The maximum absolute atomic E-state index is 12.7. The molecule has 1 aliphatic rings. The van der Waals surface area contributed by atoms with Crippen molar-refractivity contribution in [1.82, 2.24) is 14.1 Å². The number of amides is 1. The molecule has 1 N–H and O–H groups in total. The van der Waals surface area contributed by atoms with Crippen molar-refractivity contribution in [3.8, 4) is 0 Å². The number of hydrogen-bond acceptors (Lipinski definition) is 7. The zero-order valence-corrected chi connectivity index (χ0v) is 20.2. The van der Waals surface area contributed by atoms with E-state index in [0.717, 1.165) is 12.8 Å². The monoisotopic (exact) mass is 498 g/mol. The number of sulfonamides is 1. The fourth-order valence-corrected chi connectivity index (χ4v) is 5.41. The summed E-state index contributed by atoms with van der Waals surface area (Å²) in [6, 6.07) is 12.1. The van der Waals surface area contributed by atoms with Crippen LogP contribution in [0.4, 0.5) is 5.69 Å². The summed E-state index contributed by atoms with van der Waals surface area (Å²) in [7, 11) is -3.55. The largest absolute Gasteiger partial charge is 0.451 e. The Kier molecular flexibility index (Phi) is 6.99. The Morgan fingerprint density at radius 1 is 1.03 bits per heavy atom. The second-order valence-electron chi connectivity index (χ2n) is 8.50. The van der Waals surface area contributed by atoms with E-state index in [2.05, 4.69) is 10.4 Å². The Bertz CT molecular complexity index is 1420. The first-order valence-corrected chi connectivity index (χ1v) is 12.7. The number of benzene rings is 2. The molecule has 0 radical (unpaired) electrons. The molecule has 0 unspecified atom stereocenters. The molecule has 3 aromatic rings. The zero-order valence-electron chi connectivity index (χ0n) is 19.4. The van der Waals surface area contributed by atoms with Gasteiger partial charge in [-0.3, -0.25) is 9.59 Å². The van der Waals surface area contributed by atoms with E-state index in [4.69, 9.17) is 4.74 Å². The van der Waals surface area contributed by atoms with Crippen molar-refractivity contribution in [1.29, 1.82) is 0 Å². The van der Waals surface area contributed by atoms with Crippen molar-refractivity contribution in [2.24, 2.45) is 0 Å². The minimum atomic E-state index is -3.55. The second kappa shape index (κ2) is 9.96. The van der Waals surface area contributed by atoms with Crippen LogP contribution >= 0.6 is 0 Å². The standard InChI is InChI=1S/C24H26N4O6S/c1-16(2)28-23(30)20-8-4-3-7-19(20)22(26-28)24(31)34-15-21(29)25-17-9-11-18(12-10-17)35(32,33)27-13-5-6-14-27/h3-4,7-12,16H,5-6,13-15H2,1-2H3,(H,25,29). The molecule has 0 atom stereocenters. The van der Waals surface area contributed by atoms with Crippen LogP contribution in [-0.2, 0) is 19.6 Å². The highest BCUT2D eigenvalue weighted by atomic mass is 32.2. The van der Waals surface area contributed by atoms with E-state index in [-0.39, 0.29) is 22.2 Å². The zero-order chi connectivity index (χ0) is 25.2. The lowest BCUT2D eigenvalue weighted by Gasteiger charge is -2.15. The van der Waals surface area contributed by atoms with E-state index in [1.54, 1.807) is 38.1 Å². The third-order valence-electron chi connectivity index (χ3n) is 5.69. The Balaban J connectivity index is 1.43. The fourth-order valence-electron chi connectivity index (χ4n) is 3.89. The topological polar surface area (TPSA) is 128 Å². The van der Waals surface area contributed by atoms with E-state index < -0.39 is 28.5 Å². The van der Waals surface area contributed by atoms with Gasteiger partial charge in [-0.05, 0) is 57.0 Å². The van der Waals surface area contributed by atoms with Crippen molar-refractivity contribution in [3.05, 3.63) is 64.6 Å². The Labute approximate surface area is 202 Å². The third kappa shape index (κ3) is 5.10. The van der Waals surface area contributed by atoms with Crippen LogP contribution in [0.3, 0.4) is 0 Å². The molecule has 1 amide bonds. The predicted molar refractivity (Wildman–Crippen MR) is 130 cm³/mol. The molecule has 0 bridgehead atoms. The van der Waals surface area contributed by atoms with Crippen LogP contribution in [0, 0.1) is 0 Å². The van der Waals surface area contributed by atoms with Gasteiger partial charge in [-0.1, -0.05) is 18.2 Å². The number of hydrogen-bond donors (Lipinski definition) is 1. The van der Waals surface area contributed by atoms with Gasteiger partial charge in [-0.15, -0.1) is 0 Å². The van der Waals surface area contributed by atoms with Crippen LogP contribution in [0.25, 0.3) is 10.8 Å². The lowest BCUT2D eigenvalue weighted by Crippen LogP contribution is -2.29. The van der Waals surface area contributed by atoms with E-state index in [0.29, 0.717) is 29.5 Å². The minimum Gasteiger partial charge on any atom is -0.451 e. The van der Waals surface area contributed by atoms with Gasteiger partial charge in [0.15, 0.2) is 12.3 Å². The highest BCUT2D eigenvalue weighted by Gasteiger charge is 2.27. The summed E-state index contributed by atoms with van der Waals surface area (Å²) in [6.45, 7) is 3.97. The van der Waals surface area contributed by atoms with Crippen LogP contribution in [0.15, 0.2) is 58.2 Å². The molecular formula is C24H26N4O6S. The number of carbonyl (C=O) groups is 2. The molecule has 1 saturated heterocycles. The molecule has 1 fully saturated rings. The molecular weight excluding hydrogens is 472 g/mol. The predicted octanol–water partition coefficient (Wildman–Crippen LogP) is 2.56. The van der Waals surface area contributed by atoms with Gasteiger partial charge in [0.25, 0.3) is 11.5 Å². The third-order valence-corrected chi connectivity index (χ3v) is 7.60. The smallest absolute Gasteiger partial charge is 0.359 e. The summed E-state index contributed by atoms with van der Waals surface area (Å²) in [5, 5.41) is 7.41. The number of fused-ring (bicyclic) bond motifs is 1. The Morgan fingerprint density at radius 3 is 2.29 bits per heavy atom. The van der Waals surface area contributed by atoms with Gasteiger partial charge >= 0.3 is 5.97 Å². The number of ether oxygens (including phenoxy) is 1. The average molecular weight is 499 g/mol. The van der Waals surface area contributed by atoms with Crippen LogP contribution in [0.5, 0.6) is 0 Å². The first kappa shape index (κ1) is 24.6. The lowest BCUT2D eigenvalue weighted by atomic mass is 10.1. The van der Waals surface area contributed by atoms with Gasteiger partial charge < -0.3 is 10.1 Å². The highest BCUT2D eigenvalue weighted by Crippen LogP contribution is 2.22. The number of nitrogens with zero attached hydrogens (tertiary/aromatic N) is 3. The van der Waals surface area contributed by atoms with Crippen LogP contribution in [0.1, 0.15) is 43.2 Å². The molecule has 2 heterocycles. The molecule has 2 aromatic carbocycles. The van der Waals surface area contributed by atoms with Crippen molar-refractivity contribution < 1.29 is 22.7 Å². The highest BCUT2D eigenvalue weighted by molar-refractivity contribution is 7.89. The maximum Gasteiger partial charge on any atom is 0.359 e. The van der Waals surface area contributed by atoms with E-state index >= 15 is 0 Å². The molecule has 35 heavy (non-hydrogen) atoms. The summed E-state index contributed by atoms with van der Waals surface area (Å²) in [4.78, 5) is 37.8. The molecule has 11 heteroatoms. The first-order chi connectivity index (χ1) is 16.7. The first-order valence-electron chi connectivity index (χ1n) is 11.3. The molecule has 0 aliphatic carbocycles. The lowest BCUT2D eigenvalue weighted by molar-refractivity contribution is -0.119. The molecule has 4 rings (SSSR count). The van der Waals surface area contributed by atoms with Crippen molar-refractivity contribution in [2.45, 2.75) is 37.6 Å². The summed E-state index contributed by atoms with van der Waals surface area (Å²) >= 11 is 0. The number of anilines is 1. The quantitative estimate of drug-likeness (QED) is 0.496. The number of aromatic nitrogens is 2. The number of nitrogens with one attached hydrogen (secondary N) is 1. The molecule has 184 valence electrons. The van der Waals surface area contributed by atoms with Crippen molar-refractivity contribution in [3.63, 3.8) is 0 Å². The fraction of sp³-hybridized carbons (Fsp3) is 0.333. The van der Waals surface area contributed by atoms with Gasteiger partial charge in [0, 0.05) is 24.2 Å². The minimum absolute atomic E-state index is 0.0572. The molecule has 1 aliphatic heterocycles. The summed E-state index contributed by atoms with van der Waals surface area (Å²) in [6.07, 6.45) is 1.69. The Hall–Kier alpha value is -3.57. The van der Waals surface area contributed by atoms with Crippen molar-refractivity contribution >= 4 is 38.4 Å². The number of carbonyl (C=O) groups excluding carboxylic acids is 2. The number of esters is 1. The van der Waals surface area contributed by atoms with Gasteiger partial charge in [-0.25, -0.2) is 17.9 Å². The molecule has 1 aromatic heterocycles. The Morgan fingerprint density at radius 2 is 1.66 bits per heavy atom. The molecule has 10 nitrogen and oxygen atoms in total. The van der Waals surface area contributed by atoms with Crippen LogP contribution in [-0.4, -0.2) is 54.1 Å². The normalized spacial score (nSPS) is 14.4. The van der Waals surface area contributed by atoms with Crippen molar-refractivity contribution in [2.75, 3.05) is 25.0 Å². The van der Waals surface area contributed by atoms with Gasteiger partial charge in [0.2, 0.25) is 10.0 Å². The average Bonchev–Trinajstić information content (AvgIpc) is 3.39. The van der Waals surface area contributed by atoms with E-state index in [1.807, 2.05) is 0 Å². The maximum atomic E-state index is 12.7. The molecule has 0 spiro atoms. The van der Waals surface area contributed by atoms with Crippen LogP contribution < -0.4 is 10.9 Å². The second-order valence-corrected chi connectivity index (χ2v) is 10.4. The van der Waals surface area contributed by atoms with Gasteiger partial charge in [0.1, 0.15) is 0 Å². The van der Waals surface area contributed by atoms with E-state index in [9.17, 15) is 22.8 Å². The van der Waals surface area contributed by atoms with Gasteiger partial charge in [0.05, 0.1) is 16.3 Å². The molecule has 0 saturated carbocycles. The summed E-state index contributed by atoms with van der Waals surface area (Å²) in [5.74, 6) is -1.44. The van der Waals surface area contributed by atoms with Gasteiger partial charge in [-0.2, -0.15) is 9.40 Å². The SMILES string of the molecule is CC(C)n1nc(C(=O)OCC(=O)Nc2ccc(S(=O)(=O)N3CCCC3)cc2)c2ccccc2c1=O. The summed E-state index contributed by atoms with van der Waals surface area (Å²) in [5.41, 5.74) is -0.0124. The van der Waals surface area contributed by atoms with E-state index in [1.165, 1.54) is 33.3 Å². The number of rotatable bonds is 7.